The average molecular weight is 334 g/mol. The van der Waals surface area contributed by atoms with Gasteiger partial charge >= 0.3 is 6.01 Å². The lowest BCUT2D eigenvalue weighted by Gasteiger charge is -2.11. The predicted octanol–water partition coefficient (Wildman–Crippen LogP) is 2.92. The summed E-state index contributed by atoms with van der Waals surface area (Å²) in [5.74, 6) is 1.18. The van der Waals surface area contributed by atoms with E-state index in [1.54, 1.807) is 12.4 Å². The summed E-state index contributed by atoms with van der Waals surface area (Å²) in [5.41, 5.74) is 10.6. The Balaban J connectivity index is 1.71. The van der Waals surface area contributed by atoms with Crippen LogP contribution in [0.1, 0.15) is 30.7 Å². The van der Waals surface area contributed by atoms with E-state index in [0.717, 1.165) is 34.6 Å². The molecule has 2 heterocycles. The van der Waals surface area contributed by atoms with Crippen LogP contribution in [0.4, 0.5) is 11.8 Å². The molecule has 0 amide bonds. The van der Waals surface area contributed by atoms with Gasteiger partial charge in [0.25, 0.3) is 0 Å². The second kappa shape index (κ2) is 6.01. The molecule has 4 rings (SSSR count). The van der Waals surface area contributed by atoms with E-state index < -0.39 is 0 Å². The van der Waals surface area contributed by atoms with E-state index in [4.69, 9.17) is 10.2 Å². The Kier molecular flexibility index (Phi) is 3.68. The van der Waals surface area contributed by atoms with Crippen molar-refractivity contribution in [1.29, 1.82) is 0 Å². The van der Waals surface area contributed by atoms with Crippen molar-refractivity contribution in [2.75, 3.05) is 11.1 Å². The van der Waals surface area contributed by atoms with Crippen molar-refractivity contribution in [2.45, 2.75) is 26.3 Å². The number of hydrogen-bond acceptors (Lipinski definition) is 7. The van der Waals surface area contributed by atoms with Gasteiger partial charge in [-0.05, 0) is 43.5 Å². The molecule has 126 valence electrons. The zero-order valence-corrected chi connectivity index (χ0v) is 14.0. The Morgan fingerprint density at radius 2 is 2.08 bits per heavy atom. The molecular weight excluding hydrogens is 316 g/mol. The summed E-state index contributed by atoms with van der Waals surface area (Å²) in [5, 5.41) is 11.0. The van der Waals surface area contributed by atoms with Crippen molar-refractivity contribution >= 4 is 17.4 Å². The molecule has 0 saturated carbocycles. The van der Waals surface area contributed by atoms with Crippen LogP contribution in [0, 0.1) is 0 Å². The number of benzene rings is 1. The third-order valence-electron chi connectivity index (χ3n) is 3.96. The fraction of sp³-hybridized carbons (Fsp3) is 0.222. The summed E-state index contributed by atoms with van der Waals surface area (Å²) < 4.78 is 5.33. The maximum Gasteiger partial charge on any atom is 0.313 e. The van der Waals surface area contributed by atoms with Crippen molar-refractivity contribution in [2.24, 2.45) is 0 Å². The third kappa shape index (κ3) is 2.96. The molecule has 0 spiro atoms. The second-order valence-corrected chi connectivity index (χ2v) is 6.23. The first-order chi connectivity index (χ1) is 12.1. The molecule has 0 aliphatic heterocycles. The van der Waals surface area contributed by atoms with Gasteiger partial charge in [0.2, 0.25) is 5.89 Å². The van der Waals surface area contributed by atoms with Crippen molar-refractivity contribution in [3.05, 3.63) is 53.5 Å². The molecule has 7 nitrogen and oxygen atoms in total. The molecule has 3 aromatic rings. The van der Waals surface area contributed by atoms with Crippen LogP contribution in [0.15, 0.2) is 41.1 Å². The summed E-state index contributed by atoms with van der Waals surface area (Å²) in [6.07, 6.45) is 6.54. The van der Waals surface area contributed by atoms with Gasteiger partial charge in [-0.2, -0.15) is 0 Å². The Morgan fingerprint density at radius 3 is 2.84 bits per heavy atom. The minimum Gasteiger partial charge on any atom is -0.404 e. The fourth-order valence-corrected chi connectivity index (χ4v) is 2.92. The number of hydrogen-bond donors (Lipinski definition) is 2. The third-order valence-corrected chi connectivity index (χ3v) is 3.96. The van der Waals surface area contributed by atoms with Gasteiger partial charge in [0, 0.05) is 17.2 Å². The number of rotatable bonds is 4. The Labute approximate surface area is 145 Å². The number of fused-ring (bicyclic) bond motifs is 1. The lowest BCUT2D eigenvalue weighted by molar-refractivity contribution is 0.590. The van der Waals surface area contributed by atoms with Crippen LogP contribution in [0.5, 0.6) is 0 Å². The van der Waals surface area contributed by atoms with Crippen LogP contribution in [0.3, 0.4) is 0 Å². The monoisotopic (exact) mass is 334 g/mol. The SMILES string of the molecule is CC(C)Nc1cncc(C2=CCc3ccc(-c4nnc(N)o4)cc32)n1. The summed E-state index contributed by atoms with van der Waals surface area (Å²) in [6, 6.07) is 6.42. The number of nitrogens with one attached hydrogen (secondary N) is 1. The maximum absolute atomic E-state index is 5.53. The highest BCUT2D eigenvalue weighted by molar-refractivity contribution is 5.85. The predicted molar refractivity (Wildman–Crippen MR) is 95.7 cm³/mol. The molecule has 1 aliphatic rings. The summed E-state index contributed by atoms with van der Waals surface area (Å²) in [7, 11) is 0. The molecule has 25 heavy (non-hydrogen) atoms. The van der Waals surface area contributed by atoms with Crippen molar-refractivity contribution in [1.82, 2.24) is 20.2 Å². The lowest BCUT2D eigenvalue weighted by Crippen LogP contribution is -2.11. The maximum atomic E-state index is 5.53. The highest BCUT2D eigenvalue weighted by Gasteiger charge is 2.19. The van der Waals surface area contributed by atoms with E-state index in [1.165, 1.54) is 5.56 Å². The smallest absolute Gasteiger partial charge is 0.313 e. The Bertz CT molecular complexity index is 960. The average Bonchev–Trinajstić information content (AvgIpc) is 3.20. The first-order valence-electron chi connectivity index (χ1n) is 8.12. The van der Waals surface area contributed by atoms with Crippen LogP contribution < -0.4 is 11.1 Å². The van der Waals surface area contributed by atoms with E-state index in [1.807, 2.05) is 12.1 Å². The molecule has 3 N–H and O–H groups in total. The zero-order valence-electron chi connectivity index (χ0n) is 14.0. The van der Waals surface area contributed by atoms with Gasteiger partial charge in [-0.3, -0.25) is 4.98 Å². The van der Waals surface area contributed by atoms with E-state index in [9.17, 15) is 0 Å². The number of nitrogen functional groups attached to an aromatic ring is 1. The van der Waals surface area contributed by atoms with Crippen molar-refractivity contribution in [3.8, 4) is 11.5 Å². The van der Waals surface area contributed by atoms with Gasteiger partial charge in [-0.25, -0.2) is 4.98 Å². The van der Waals surface area contributed by atoms with E-state index in [2.05, 4.69) is 51.5 Å². The Hall–Kier alpha value is -3.22. The highest BCUT2D eigenvalue weighted by atomic mass is 16.4. The molecular formula is C18H18N6O. The Morgan fingerprint density at radius 1 is 1.20 bits per heavy atom. The fourth-order valence-electron chi connectivity index (χ4n) is 2.92. The summed E-state index contributed by atoms with van der Waals surface area (Å²) in [6.45, 7) is 4.14. The minimum atomic E-state index is 0.0598. The molecule has 1 aromatic carbocycles. The van der Waals surface area contributed by atoms with E-state index in [-0.39, 0.29) is 6.01 Å². The van der Waals surface area contributed by atoms with Gasteiger partial charge in [0.05, 0.1) is 18.1 Å². The summed E-state index contributed by atoms with van der Waals surface area (Å²) >= 11 is 0. The molecule has 0 fully saturated rings. The molecule has 0 atom stereocenters. The topological polar surface area (TPSA) is 103 Å². The molecule has 7 heteroatoms. The van der Waals surface area contributed by atoms with Crippen LogP contribution in [0.25, 0.3) is 17.0 Å². The van der Waals surface area contributed by atoms with Crippen LogP contribution in [-0.4, -0.2) is 26.2 Å². The second-order valence-electron chi connectivity index (χ2n) is 6.23. The quantitative estimate of drug-likeness (QED) is 0.756. The van der Waals surface area contributed by atoms with Gasteiger partial charge in [0.1, 0.15) is 5.82 Å². The minimum absolute atomic E-state index is 0.0598. The van der Waals surface area contributed by atoms with Crippen LogP contribution in [0.2, 0.25) is 0 Å². The first-order valence-corrected chi connectivity index (χ1v) is 8.12. The summed E-state index contributed by atoms with van der Waals surface area (Å²) in [4.78, 5) is 9.00. The number of anilines is 2. The first kappa shape index (κ1) is 15.3. The highest BCUT2D eigenvalue weighted by Crippen LogP contribution is 2.34. The zero-order chi connectivity index (χ0) is 17.4. The molecule has 0 unspecified atom stereocenters. The van der Waals surface area contributed by atoms with E-state index in [0.29, 0.717) is 11.9 Å². The normalized spacial score (nSPS) is 13.0. The number of aromatic nitrogens is 4. The number of nitrogens with zero attached hydrogens (tertiary/aromatic N) is 4. The standard InChI is InChI=1S/C18H18N6O/c1-10(2)21-16-9-20-8-15(22-16)13-6-5-11-3-4-12(7-14(11)13)17-23-24-18(19)25-17/h3-4,6-10H,5H2,1-2H3,(H2,19,24)(H,21,22). The van der Waals surface area contributed by atoms with Crippen molar-refractivity contribution in [3.63, 3.8) is 0 Å². The van der Waals surface area contributed by atoms with Crippen LogP contribution in [-0.2, 0) is 6.42 Å². The lowest BCUT2D eigenvalue weighted by atomic mass is 10.0. The molecule has 2 aromatic heterocycles. The molecule has 0 radical (unpaired) electrons. The van der Waals surface area contributed by atoms with Gasteiger partial charge in [-0.1, -0.05) is 17.2 Å². The molecule has 0 bridgehead atoms. The van der Waals surface area contributed by atoms with Gasteiger partial charge < -0.3 is 15.5 Å². The van der Waals surface area contributed by atoms with Crippen LogP contribution >= 0.6 is 0 Å². The van der Waals surface area contributed by atoms with Gasteiger partial charge in [0.15, 0.2) is 0 Å². The molecule has 1 aliphatic carbocycles. The largest absolute Gasteiger partial charge is 0.404 e. The number of nitrogens with two attached hydrogens (primary N) is 1. The number of allylic oxidation sites excluding steroid dienone is 1. The van der Waals surface area contributed by atoms with Crippen molar-refractivity contribution < 1.29 is 4.42 Å². The van der Waals surface area contributed by atoms with E-state index >= 15 is 0 Å². The van der Waals surface area contributed by atoms with Gasteiger partial charge in [-0.15, -0.1) is 5.10 Å². The molecule has 0 saturated heterocycles.